The van der Waals surface area contributed by atoms with Crippen molar-refractivity contribution in [3.8, 4) is 0 Å². The largest absolute Gasteiger partial charge is 0.411 e. The minimum atomic E-state index is -0.486. The highest BCUT2D eigenvalue weighted by Crippen LogP contribution is 2.23. The third kappa shape index (κ3) is 3.81. The Hall–Kier alpha value is -1.43. The van der Waals surface area contributed by atoms with Gasteiger partial charge in [-0.1, -0.05) is 25.9 Å². The first-order valence-corrected chi connectivity index (χ1v) is 5.78. The van der Waals surface area contributed by atoms with Crippen molar-refractivity contribution in [3.05, 3.63) is 22.4 Å². The highest BCUT2D eigenvalue weighted by Gasteiger charge is 2.22. The second-order valence-electron chi connectivity index (χ2n) is 4.56. The molecule has 2 N–H and O–H groups in total. The van der Waals surface area contributed by atoms with Crippen LogP contribution in [0.3, 0.4) is 0 Å². The Labute approximate surface area is 108 Å². The van der Waals surface area contributed by atoms with Crippen molar-refractivity contribution in [2.45, 2.75) is 20.8 Å². The van der Waals surface area contributed by atoms with E-state index in [-0.39, 0.29) is 5.91 Å². The molecule has 0 unspecified atom stereocenters. The van der Waals surface area contributed by atoms with E-state index in [1.54, 1.807) is 6.07 Å². The van der Waals surface area contributed by atoms with Crippen LogP contribution in [-0.4, -0.2) is 22.3 Å². The van der Waals surface area contributed by atoms with Crippen LogP contribution < -0.4 is 5.32 Å². The number of anilines is 1. The average Bonchev–Trinajstić information content (AvgIpc) is 2.22. The molecule has 0 saturated heterocycles. The Morgan fingerprint density at radius 2 is 2.24 bits per heavy atom. The lowest BCUT2D eigenvalue weighted by molar-refractivity contribution is -0.123. The van der Waals surface area contributed by atoms with Crippen LogP contribution in [0.4, 0.5) is 5.69 Å². The third-order valence-electron chi connectivity index (χ3n) is 2.00. The standard InChI is InChI=1S/C11H14BrN3O2/c1-11(2,3)10(16)15-8-4-7(6-14-17)5-13-9(8)12/h4-6,17H,1-3H3,(H,15,16). The molecule has 6 heteroatoms. The van der Waals surface area contributed by atoms with Gasteiger partial charge in [-0.3, -0.25) is 4.79 Å². The molecule has 1 amide bonds. The topological polar surface area (TPSA) is 74.6 Å². The number of hydrogen-bond donors (Lipinski definition) is 2. The van der Waals surface area contributed by atoms with Crippen LogP contribution in [0.25, 0.3) is 0 Å². The maximum absolute atomic E-state index is 11.8. The van der Waals surface area contributed by atoms with Crippen LogP contribution in [-0.2, 0) is 4.79 Å². The number of oxime groups is 1. The predicted molar refractivity (Wildman–Crippen MR) is 69.4 cm³/mol. The number of amides is 1. The maximum atomic E-state index is 11.8. The van der Waals surface area contributed by atoms with Gasteiger partial charge in [-0.25, -0.2) is 4.98 Å². The number of hydrogen-bond acceptors (Lipinski definition) is 4. The number of aromatic nitrogens is 1. The summed E-state index contributed by atoms with van der Waals surface area (Å²) < 4.78 is 0.533. The van der Waals surface area contributed by atoms with Gasteiger partial charge in [-0.05, 0) is 22.0 Å². The summed E-state index contributed by atoms with van der Waals surface area (Å²) in [5.74, 6) is -0.113. The van der Waals surface area contributed by atoms with Crippen molar-refractivity contribution in [1.29, 1.82) is 0 Å². The minimum Gasteiger partial charge on any atom is -0.411 e. The fourth-order valence-corrected chi connectivity index (χ4v) is 1.31. The first-order chi connectivity index (χ1) is 7.84. The molecule has 1 aromatic rings. The van der Waals surface area contributed by atoms with Crippen LogP contribution >= 0.6 is 15.9 Å². The van der Waals surface area contributed by atoms with Crippen LogP contribution in [0.2, 0.25) is 0 Å². The van der Waals surface area contributed by atoms with Crippen LogP contribution in [0, 0.1) is 5.41 Å². The Bertz CT molecular complexity index is 453. The van der Waals surface area contributed by atoms with E-state index in [1.165, 1.54) is 12.4 Å². The molecule has 0 spiro atoms. The molecule has 0 atom stereocenters. The number of carbonyl (C=O) groups excluding carboxylic acids is 1. The molecule has 5 nitrogen and oxygen atoms in total. The van der Waals surface area contributed by atoms with Gasteiger partial charge in [0, 0.05) is 17.2 Å². The quantitative estimate of drug-likeness (QED) is 0.381. The molecule has 92 valence electrons. The Kier molecular flexibility index (Phi) is 4.22. The number of nitrogens with zero attached hydrogens (tertiary/aromatic N) is 2. The van der Waals surface area contributed by atoms with E-state index >= 15 is 0 Å². The number of carbonyl (C=O) groups is 1. The molecule has 1 rings (SSSR count). The summed E-state index contributed by atoms with van der Waals surface area (Å²) in [6.07, 6.45) is 2.77. The molecule has 0 aromatic carbocycles. The predicted octanol–water partition coefficient (Wildman–Crippen LogP) is 2.64. The lowest BCUT2D eigenvalue weighted by atomic mass is 9.95. The second-order valence-corrected chi connectivity index (χ2v) is 5.31. The monoisotopic (exact) mass is 299 g/mol. The summed E-state index contributed by atoms with van der Waals surface area (Å²) in [5, 5.41) is 14.1. The number of halogens is 1. The molecular formula is C11H14BrN3O2. The van der Waals surface area contributed by atoms with E-state index < -0.39 is 5.41 Å². The smallest absolute Gasteiger partial charge is 0.229 e. The summed E-state index contributed by atoms with van der Waals surface area (Å²) in [4.78, 5) is 15.8. The fraction of sp³-hybridized carbons (Fsp3) is 0.364. The Morgan fingerprint density at radius 1 is 1.59 bits per heavy atom. The van der Waals surface area contributed by atoms with Crippen molar-refractivity contribution in [3.63, 3.8) is 0 Å². The lowest BCUT2D eigenvalue weighted by Gasteiger charge is -2.18. The molecule has 0 fully saturated rings. The minimum absolute atomic E-state index is 0.113. The number of nitrogens with one attached hydrogen (secondary N) is 1. The Morgan fingerprint density at radius 3 is 2.76 bits per heavy atom. The van der Waals surface area contributed by atoms with E-state index in [2.05, 4.69) is 31.4 Å². The molecular weight excluding hydrogens is 286 g/mol. The van der Waals surface area contributed by atoms with E-state index in [4.69, 9.17) is 5.21 Å². The van der Waals surface area contributed by atoms with Crippen molar-refractivity contribution < 1.29 is 10.0 Å². The first-order valence-electron chi connectivity index (χ1n) is 4.99. The Balaban J connectivity index is 2.98. The molecule has 0 saturated carbocycles. The molecule has 0 bridgehead atoms. The van der Waals surface area contributed by atoms with E-state index in [1.807, 2.05) is 20.8 Å². The van der Waals surface area contributed by atoms with Gasteiger partial charge in [0.1, 0.15) is 4.60 Å². The molecule has 0 aliphatic rings. The molecule has 0 radical (unpaired) electrons. The van der Waals surface area contributed by atoms with Crippen LogP contribution in [0.1, 0.15) is 26.3 Å². The van der Waals surface area contributed by atoms with E-state index in [0.29, 0.717) is 15.9 Å². The lowest BCUT2D eigenvalue weighted by Crippen LogP contribution is -2.27. The van der Waals surface area contributed by atoms with Gasteiger partial charge in [0.05, 0.1) is 11.9 Å². The zero-order valence-electron chi connectivity index (χ0n) is 9.86. The van der Waals surface area contributed by atoms with Gasteiger partial charge in [0.2, 0.25) is 5.91 Å². The van der Waals surface area contributed by atoms with Crippen LogP contribution in [0.15, 0.2) is 22.0 Å². The highest BCUT2D eigenvalue weighted by molar-refractivity contribution is 9.10. The van der Waals surface area contributed by atoms with Gasteiger partial charge >= 0.3 is 0 Å². The second kappa shape index (κ2) is 5.27. The summed E-state index contributed by atoms with van der Waals surface area (Å²) in [6.45, 7) is 5.47. The van der Waals surface area contributed by atoms with E-state index in [0.717, 1.165) is 0 Å². The van der Waals surface area contributed by atoms with Gasteiger partial charge in [0.15, 0.2) is 0 Å². The van der Waals surface area contributed by atoms with Crippen molar-refractivity contribution in [2.24, 2.45) is 10.6 Å². The molecule has 1 heterocycles. The number of rotatable bonds is 2. The van der Waals surface area contributed by atoms with Crippen molar-refractivity contribution in [2.75, 3.05) is 5.32 Å². The van der Waals surface area contributed by atoms with Gasteiger partial charge in [-0.15, -0.1) is 0 Å². The summed E-state index contributed by atoms with van der Waals surface area (Å²) in [7, 11) is 0. The summed E-state index contributed by atoms with van der Waals surface area (Å²) in [6, 6.07) is 1.67. The summed E-state index contributed by atoms with van der Waals surface area (Å²) in [5.41, 5.74) is 0.655. The fourth-order valence-electron chi connectivity index (χ4n) is 0.999. The molecule has 0 aliphatic carbocycles. The molecule has 1 aromatic heterocycles. The van der Waals surface area contributed by atoms with Crippen LogP contribution in [0.5, 0.6) is 0 Å². The molecule has 0 aliphatic heterocycles. The molecule has 17 heavy (non-hydrogen) atoms. The highest BCUT2D eigenvalue weighted by atomic mass is 79.9. The van der Waals surface area contributed by atoms with E-state index in [9.17, 15) is 4.79 Å². The number of pyridine rings is 1. The van der Waals surface area contributed by atoms with Gasteiger partial charge in [0.25, 0.3) is 0 Å². The van der Waals surface area contributed by atoms with Crippen molar-refractivity contribution >= 4 is 33.7 Å². The summed E-state index contributed by atoms with van der Waals surface area (Å²) >= 11 is 3.24. The zero-order chi connectivity index (χ0) is 13.1. The average molecular weight is 300 g/mol. The van der Waals surface area contributed by atoms with Gasteiger partial charge in [-0.2, -0.15) is 0 Å². The first kappa shape index (κ1) is 13.6. The van der Waals surface area contributed by atoms with Gasteiger partial charge < -0.3 is 10.5 Å². The zero-order valence-corrected chi connectivity index (χ0v) is 11.4. The SMILES string of the molecule is CC(C)(C)C(=O)Nc1cc(C=NO)cnc1Br. The third-order valence-corrected chi connectivity index (χ3v) is 2.63. The van der Waals surface area contributed by atoms with Crippen molar-refractivity contribution in [1.82, 2.24) is 4.98 Å². The maximum Gasteiger partial charge on any atom is 0.229 e. The normalized spacial score (nSPS) is 11.8.